The summed E-state index contributed by atoms with van der Waals surface area (Å²) in [6.07, 6.45) is 5.15. The molecule has 8 heteroatoms. The molecule has 25 heavy (non-hydrogen) atoms. The van der Waals surface area contributed by atoms with Gasteiger partial charge in [-0.2, -0.15) is 0 Å². The minimum absolute atomic E-state index is 0.561. The minimum atomic E-state index is -1.25. The second-order valence-electron chi connectivity index (χ2n) is 8.55. The Bertz CT molecular complexity index is 304. The fourth-order valence-corrected chi connectivity index (χ4v) is 7.97. The predicted octanol–water partition coefficient (Wildman–Crippen LogP) is 0.458. The van der Waals surface area contributed by atoms with Gasteiger partial charge in [0.05, 0.1) is 8.07 Å². The third kappa shape index (κ3) is 11.5. The standard InChI is InChI=1S/C17H46N6Si2/c1-4-17(2,24)7-12-25(3,10-5-8-22(13-18)14-19)11-6-9-23(15-20)16-21/h4-16,18-21H2,1-3,24H3. The van der Waals surface area contributed by atoms with E-state index >= 15 is 0 Å². The molecular weight excluding hydrogens is 344 g/mol. The zero-order chi connectivity index (χ0) is 19.3. The maximum absolute atomic E-state index is 5.74. The zero-order valence-electron chi connectivity index (χ0n) is 17.4. The Morgan fingerprint density at radius 2 is 1.24 bits per heavy atom. The van der Waals surface area contributed by atoms with Crippen LogP contribution in [0.4, 0.5) is 0 Å². The van der Waals surface area contributed by atoms with E-state index in [1.54, 1.807) is 0 Å². The number of nitrogens with two attached hydrogens (primary N) is 4. The first-order valence-corrected chi connectivity index (χ1v) is 14.1. The van der Waals surface area contributed by atoms with E-state index in [9.17, 15) is 0 Å². The maximum Gasteiger partial charge on any atom is 0.0505 e. The summed E-state index contributed by atoms with van der Waals surface area (Å²) in [7, 11) is 0.0333. The van der Waals surface area contributed by atoms with Crippen molar-refractivity contribution in [3.63, 3.8) is 0 Å². The summed E-state index contributed by atoms with van der Waals surface area (Å²) in [5, 5.41) is 0.593. The van der Waals surface area contributed by atoms with E-state index in [4.69, 9.17) is 22.9 Å². The third-order valence-electron chi connectivity index (χ3n) is 5.90. The summed E-state index contributed by atoms with van der Waals surface area (Å²) < 4.78 is 0. The van der Waals surface area contributed by atoms with Crippen molar-refractivity contribution < 1.29 is 0 Å². The summed E-state index contributed by atoms with van der Waals surface area (Å²) in [5.74, 6) is 0. The first kappa shape index (κ1) is 25.2. The van der Waals surface area contributed by atoms with Gasteiger partial charge in [0.25, 0.3) is 0 Å². The molecule has 0 aliphatic heterocycles. The van der Waals surface area contributed by atoms with E-state index < -0.39 is 8.07 Å². The molecule has 0 heterocycles. The highest BCUT2D eigenvalue weighted by molar-refractivity contribution is 6.78. The molecule has 0 saturated carbocycles. The summed E-state index contributed by atoms with van der Waals surface area (Å²) >= 11 is 0. The summed E-state index contributed by atoms with van der Waals surface area (Å²) in [6, 6.07) is 4.18. The van der Waals surface area contributed by atoms with E-state index in [1.165, 1.54) is 54.1 Å². The van der Waals surface area contributed by atoms with Gasteiger partial charge in [0.15, 0.2) is 0 Å². The average molecular weight is 391 g/mol. The molecule has 0 aromatic rings. The molecule has 0 spiro atoms. The molecule has 0 rings (SSSR count). The summed E-state index contributed by atoms with van der Waals surface area (Å²) in [6.45, 7) is 11.7. The van der Waals surface area contributed by atoms with Crippen molar-refractivity contribution in [3.05, 3.63) is 0 Å². The maximum atomic E-state index is 5.74. The topological polar surface area (TPSA) is 111 Å². The second kappa shape index (κ2) is 13.4. The van der Waals surface area contributed by atoms with Crippen molar-refractivity contribution in [1.82, 2.24) is 9.80 Å². The fourth-order valence-electron chi connectivity index (χ4n) is 3.17. The molecule has 0 aromatic carbocycles. The molecular formula is C17H46N6Si2. The number of rotatable bonds is 16. The molecule has 0 bridgehead atoms. The van der Waals surface area contributed by atoms with Gasteiger partial charge in [-0.3, -0.25) is 9.80 Å². The van der Waals surface area contributed by atoms with Gasteiger partial charge in [0.2, 0.25) is 0 Å². The lowest BCUT2D eigenvalue weighted by Crippen LogP contribution is -2.39. The smallest absolute Gasteiger partial charge is 0.0505 e. The highest BCUT2D eigenvalue weighted by Crippen LogP contribution is 2.37. The van der Waals surface area contributed by atoms with E-state index in [0.717, 1.165) is 13.1 Å². The molecule has 0 aliphatic rings. The predicted molar refractivity (Wildman–Crippen MR) is 118 cm³/mol. The Hall–Kier alpha value is 0.194. The number of nitrogens with zero attached hydrogens (tertiary/aromatic N) is 2. The van der Waals surface area contributed by atoms with Gasteiger partial charge in [-0.25, -0.2) is 0 Å². The molecule has 0 saturated heterocycles. The lowest BCUT2D eigenvalue weighted by Gasteiger charge is -2.33. The SMILES string of the molecule is CCC(C)([SiH3])CC[Si](C)(CCCN(CN)CN)CCCN(CN)CN. The average Bonchev–Trinajstić information content (AvgIpc) is 2.61. The van der Waals surface area contributed by atoms with E-state index in [-0.39, 0.29) is 0 Å². The monoisotopic (exact) mass is 390 g/mol. The molecule has 0 aliphatic carbocycles. The van der Waals surface area contributed by atoms with Crippen LogP contribution in [0.15, 0.2) is 0 Å². The molecule has 0 fully saturated rings. The van der Waals surface area contributed by atoms with Gasteiger partial charge >= 0.3 is 0 Å². The van der Waals surface area contributed by atoms with Crippen LogP contribution >= 0.6 is 0 Å². The lowest BCUT2D eigenvalue weighted by molar-refractivity contribution is 0.288. The van der Waals surface area contributed by atoms with Crippen LogP contribution in [0.1, 0.15) is 39.5 Å². The van der Waals surface area contributed by atoms with Crippen LogP contribution < -0.4 is 22.9 Å². The van der Waals surface area contributed by atoms with Crippen LogP contribution in [-0.4, -0.2) is 67.9 Å². The third-order valence-corrected chi connectivity index (χ3v) is 11.7. The van der Waals surface area contributed by atoms with Gasteiger partial charge in [-0.1, -0.05) is 51.4 Å². The quantitative estimate of drug-likeness (QED) is 0.225. The van der Waals surface area contributed by atoms with Crippen molar-refractivity contribution in [2.75, 3.05) is 39.8 Å². The van der Waals surface area contributed by atoms with Crippen molar-refractivity contribution in [3.8, 4) is 0 Å². The molecule has 8 N–H and O–H groups in total. The lowest BCUT2D eigenvalue weighted by atomic mass is 10.1. The highest BCUT2D eigenvalue weighted by atomic mass is 28.3. The van der Waals surface area contributed by atoms with Crippen molar-refractivity contribution in [1.29, 1.82) is 0 Å². The number of hydrogen-bond donors (Lipinski definition) is 4. The molecule has 1 atom stereocenters. The molecule has 0 aromatic heterocycles. The zero-order valence-corrected chi connectivity index (χ0v) is 20.4. The van der Waals surface area contributed by atoms with Crippen molar-refractivity contribution >= 4 is 18.3 Å². The second-order valence-corrected chi connectivity index (χ2v) is 16.1. The van der Waals surface area contributed by atoms with E-state index in [1.807, 2.05) is 0 Å². The normalized spacial score (nSPS) is 15.2. The van der Waals surface area contributed by atoms with Crippen molar-refractivity contribution in [2.24, 2.45) is 22.9 Å². The minimum Gasteiger partial charge on any atom is -0.318 e. The molecule has 152 valence electrons. The molecule has 0 amide bonds. The number of hydrogen-bond acceptors (Lipinski definition) is 6. The van der Waals surface area contributed by atoms with Crippen LogP contribution in [-0.2, 0) is 0 Å². The van der Waals surface area contributed by atoms with E-state index in [0.29, 0.717) is 31.7 Å². The first-order valence-electron chi connectivity index (χ1n) is 10.0. The van der Waals surface area contributed by atoms with Gasteiger partial charge in [-0.15, -0.1) is 0 Å². The van der Waals surface area contributed by atoms with Gasteiger partial charge in [0.1, 0.15) is 0 Å². The Labute approximate surface area is 160 Å². The molecule has 1 unspecified atom stereocenters. The fraction of sp³-hybridized carbons (Fsp3) is 1.00. The van der Waals surface area contributed by atoms with Crippen LogP contribution in [0.2, 0.25) is 29.7 Å². The molecule has 6 nitrogen and oxygen atoms in total. The van der Waals surface area contributed by atoms with Gasteiger partial charge in [0, 0.05) is 50.0 Å². The Morgan fingerprint density at radius 1 is 0.840 bits per heavy atom. The first-order chi connectivity index (χ1) is 11.8. The Kier molecular flexibility index (Phi) is 13.5. The van der Waals surface area contributed by atoms with Crippen LogP contribution in [0.25, 0.3) is 0 Å². The van der Waals surface area contributed by atoms with E-state index in [2.05, 4.69) is 30.2 Å². The van der Waals surface area contributed by atoms with Gasteiger partial charge < -0.3 is 22.9 Å². The van der Waals surface area contributed by atoms with Crippen LogP contribution in [0.3, 0.4) is 0 Å². The molecule has 0 radical (unpaired) electrons. The van der Waals surface area contributed by atoms with Crippen LogP contribution in [0, 0.1) is 0 Å². The Morgan fingerprint density at radius 3 is 1.56 bits per heavy atom. The summed E-state index contributed by atoms with van der Waals surface area (Å²) in [4.78, 5) is 4.25. The highest BCUT2D eigenvalue weighted by Gasteiger charge is 2.29. The van der Waals surface area contributed by atoms with Gasteiger partial charge in [-0.05, 0) is 17.9 Å². The largest absolute Gasteiger partial charge is 0.318 e. The Balaban J connectivity index is 4.61. The summed E-state index contributed by atoms with van der Waals surface area (Å²) in [5.41, 5.74) is 23.0. The van der Waals surface area contributed by atoms with Crippen LogP contribution in [0.5, 0.6) is 0 Å². The van der Waals surface area contributed by atoms with Crippen molar-refractivity contribution in [2.45, 2.75) is 69.2 Å².